The number of sulfonamides is 1. The fourth-order valence-electron chi connectivity index (χ4n) is 2.74. The van der Waals surface area contributed by atoms with Gasteiger partial charge < -0.3 is 10.1 Å². The largest absolute Gasteiger partial charge is 0.497 e. The molecule has 7 heteroatoms. The molecular weight excluding hydrogens is 388 g/mol. The maximum Gasteiger partial charge on any atom is 0.261 e. The molecule has 0 aromatic heterocycles. The summed E-state index contributed by atoms with van der Waals surface area (Å²) < 4.78 is 32.9. The molecule has 0 saturated heterocycles. The molecule has 0 saturated carbocycles. The minimum Gasteiger partial charge on any atom is -0.497 e. The monoisotopic (exact) mass is 410 g/mol. The van der Waals surface area contributed by atoms with Gasteiger partial charge in [-0.15, -0.1) is 0 Å². The number of ether oxygens (including phenoxy) is 1. The Morgan fingerprint density at radius 2 is 1.66 bits per heavy atom. The van der Waals surface area contributed by atoms with Crippen molar-refractivity contribution in [3.8, 4) is 5.75 Å². The number of amides is 1. The number of methoxy groups -OCH3 is 1. The second kappa shape index (κ2) is 8.36. The fraction of sp³-hybridized carbons (Fsp3) is 0.136. The lowest BCUT2D eigenvalue weighted by Gasteiger charge is -2.12. The molecule has 0 radical (unpaired) electrons. The van der Waals surface area contributed by atoms with Crippen LogP contribution in [0.3, 0.4) is 0 Å². The highest BCUT2D eigenvalue weighted by Gasteiger charge is 2.16. The highest BCUT2D eigenvalue weighted by Crippen LogP contribution is 2.22. The smallest absolute Gasteiger partial charge is 0.261 e. The lowest BCUT2D eigenvalue weighted by atomic mass is 10.1. The first-order valence-electron chi connectivity index (χ1n) is 8.94. The predicted octanol–water partition coefficient (Wildman–Crippen LogP) is 4.37. The van der Waals surface area contributed by atoms with Gasteiger partial charge in [-0.2, -0.15) is 0 Å². The molecule has 0 bridgehead atoms. The lowest BCUT2D eigenvalue weighted by molar-refractivity contribution is 0.102. The van der Waals surface area contributed by atoms with Gasteiger partial charge in [-0.3, -0.25) is 9.52 Å². The number of carbonyl (C=O) groups is 1. The number of benzene rings is 3. The number of carbonyl (C=O) groups excluding carboxylic acids is 1. The van der Waals surface area contributed by atoms with E-state index in [1.54, 1.807) is 80.8 Å². The van der Waals surface area contributed by atoms with Crippen LogP contribution in [0.1, 0.15) is 21.5 Å². The minimum absolute atomic E-state index is 0.183. The second-order valence-electron chi connectivity index (χ2n) is 6.63. The number of nitrogens with one attached hydrogen (secondary N) is 2. The predicted molar refractivity (Wildman–Crippen MR) is 114 cm³/mol. The summed E-state index contributed by atoms with van der Waals surface area (Å²) in [5.74, 6) is 0.342. The Kier molecular flexibility index (Phi) is 5.89. The summed E-state index contributed by atoms with van der Waals surface area (Å²) in [6.07, 6.45) is 0. The van der Waals surface area contributed by atoms with Crippen LogP contribution in [0.4, 0.5) is 11.4 Å². The van der Waals surface area contributed by atoms with Crippen LogP contribution in [0.15, 0.2) is 71.6 Å². The maximum atomic E-state index is 12.6. The van der Waals surface area contributed by atoms with Gasteiger partial charge in [0.2, 0.25) is 0 Å². The summed E-state index contributed by atoms with van der Waals surface area (Å²) in [5.41, 5.74) is 3.06. The lowest BCUT2D eigenvalue weighted by Crippen LogP contribution is -2.15. The zero-order valence-corrected chi connectivity index (χ0v) is 17.2. The fourth-order valence-corrected chi connectivity index (χ4v) is 3.88. The van der Waals surface area contributed by atoms with E-state index >= 15 is 0 Å². The van der Waals surface area contributed by atoms with E-state index in [1.807, 2.05) is 6.92 Å². The van der Waals surface area contributed by atoms with Crippen LogP contribution < -0.4 is 14.8 Å². The average molecular weight is 410 g/mol. The van der Waals surface area contributed by atoms with Crippen molar-refractivity contribution >= 4 is 27.3 Å². The Labute approximate surface area is 170 Å². The highest BCUT2D eigenvalue weighted by atomic mass is 32.2. The molecule has 0 aliphatic heterocycles. The molecule has 1 amide bonds. The number of anilines is 2. The molecule has 2 N–H and O–H groups in total. The molecule has 0 aliphatic carbocycles. The number of rotatable bonds is 6. The SMILES string of the molecule is COc1cccc(NC(=O)c2ccc(NS(=O)(=O)c3ccc(C)cc3)c(C)c2)c1. The van der Waals surface area contributed by atoms with E-state index in [-0.39, 0.29) is 10.8 Å². The van der Waals surface area contributed by atoms with Crippen LogP contribution in [-0.2, 0) is 10.0 Å². The van der Waals surface area contributed by atoms with E-state index in [1.165, 1.54) is 0 Å². The molecule has 0 atom stereocenters. The molecule has 3 aromatic rings. The van der Waals surface area contributed by atoms with E-state index < -0.39 is 10.0 Å². The molecule has 150 valence electrons. The first kappa shape index (κ1) is 20.4. The summed E-state index contributed by atoms with van der Waals surface area (Å²) in [4.78, 5) is 12.7. The van der Waals surface area contributed by atoms with E-state index in [2.05, 4.69) is 10.0 Å². The molecule has 6 nitrogen and oxygen atoms in total. The van der Waals surface area contributed by atoms with Crippen LogP contribution in [0.25, 0.3) is 0 Å². The van der Waals surface area contributed by atoms with E-state index in [0.29, 0.717) is 28.3 Å². The van der Waals surface area contributed by atoms with Crippen molar-refractivity contribution in [3.63, 3.8) is 0 Å². The number of hydrogen-bond acceptors (Lipinski definition) is 4. The molecule has 3 aromatic carbocycles. The third kappa shape index (κ3) is 4.94. The number of aryl methyl sites for hydroxylation is 2. The molecule has 3 rings (SSSR count). The minimum atomic E-state index is -3.71. The van der Waals surface area contributed by atoms with Crippen LogP contribution in [0.2, 0.25) is 0 Å². The third-order valence-electron chi connectivity index (χ3n) is 4.39. The second-order valence-corrected chi connectivity index (χ2v) is 8.32. The summed E-state index contributed by atoms with van der Waals surface area (Å²) in [7, 11) is -2.15. The standard InChI is InChI=1S/C22H22N2O4S/c1-15-7-10-20(11-8-15)29(26,27)24-21-12-9-17(13-16(21)2)22(25)23-18-5-4-6-19(14-18)28-3/h4-14,24H,1-3H3,(H,23,25). The molecule has 0 heterocycles. The molecule has 0 spiro atoms. The van der Waals surface area contributed by atoms with Crippen molar-refractivity contribution in [1.82, 2.24) is 0 Å². The van der Waals surface area contributed by atoms with Crippen molar-refractivity contribution < 1.29 is 17.9 Å². The van der Waals surface area contributed by atoms with Crippen molar-refractivity contribution in [2.75, 3.05) is 17.1 Å². The topological polar surface area (TPSA) is 84.5 Å². The molecule has 29 heavy (non-hydrogen) atoms. The first-order valence-corrected chi connectivity index (χ1v) is 10.4. The highest BCUT2D eigenvalue weighted by molar-refractivity contribution is 7.92. The summed E-state index contributed by atoms with van der Waals surface area (Å²) in [5, 5.41) is 2.80. The van der Waals surface area contributed by atoms with E-state index in [9.17, 15) is 13.2 Å². The van der Waals surface area contributed by atoms with Gasteiger partial charge in [0.15, 0.2) is 0 Å². The Bertz CT molecular complexity index is 1140. The van der Waals surface area contributed by atoms with Crippen molar-refractivity contribution in [2.24, 2.45) is 0 Å². The van der Waals surface area contributed by atoms with Crippen LogP contribution >= 0.6 is 0 Å². The van der Waals surface area contributed by atoms with Gasteiger partial charge in [0.25, 0.3) is 15.9 Å². The normalized spacial score (nSPS) is 11.0. The molecular formula is C22H22N2O4S. The maximum absolute atomic E-state index is 12.6. The summed E-state index contributed by atoms with van der Waals surface area (Å²) in [6, 6.07) is 18.5. The van der Waals surface area contributed by atoms with Crippen molar-refractivity contribution in [1.29, 1.82) is 0 Å². The van der Waals surface area contributed by atoms with Crippen LogP contribution in [-0.4, -0.2) is 21.4 Å². The van der Waals surface area contributed by atoms with E-state index in [4.69, 9.17) is 4.74 Å². The Morgan fingerprint density at radius 1 is 0.931 bits per heavy atom. The molecule has 0 fully saturated rings. The Morgan fingerprint density at radius 3 is 2.31 bits per heavy atom. The third-order valence-corrected chi connectivity index (χ3v) is 5.77. The Hall–Kier alpha value is -3.32. The molecule has 0 unspecified atom stereocenters. The number of hydrogen-bond donors (Lipinski definition) is 2. The van der Waals surface area contributed by atoms with Crippen LogP contribution in [0.5, 0.6) is 5.75 Å². The van der Waals surface area contributed by atoms with Gasteiger partial charge in [-0.05, 0) is 61.9 Å². The first-order chi connectivity index (χ1) is 13.8. The summed E-state index contributed by atoms with van der Waals surface area (Å²) in [6.45, 7) is 3.64. The zero-order chi connectivity index (χ0) is 21.0. The van der Waals surface area contributed by atoms with Crippen LogP contribution in [0, 0.1) is 13.8 Å². The van der Waals surface area contributed by atoms with Crippen molar-refractivity contribution in [3.05, 3.63) is 83.4 Å². The molecule has 0 aliphatic rings. The quantitative estimate of drug-likeness (QED) is 0.632. The van der Waals surface area contributed by atoms with Gasteiger partial charge in [0.05, 0.1) is 17.7 Å². The average Bonchev–Trinajstić information content (AvgIpc) is 2.70. The zero-order valence-electron chi connectivity index (χ0n) is 16.4. The van der Waals surface area contributed by atoms with Gasteiger partial charge in [0.1, 0.15) is 5.75 Å². The van der Waals surface area contributed by atoms with Gasteiger partial charge in [0, 0.05) is 17.3 Å². The van der Waals surface area contributed by atoms with Crippen molar-refractivity contribution in [2.45, 2.75) is 18.7 Å². The van der Waals surface area contributed by atoms with E-state index in [0.717, 1.165) is 5.56 Å². The van der Waals surface area contributed by atoms with Gasteiger partial charge in [-0.1, -0.05) is 23.8 Å². The Balaban J connectivity index is 1.77. The van der Waals surface area contributed by atoms with Gasteiger partial charge in [-0.25, -0.2) is 8.42 Å². The van der Waals surface area contributed by atoms with Gasteiger partial charge >= 0.3 is 0 Å². The summed E-state index contributed by atoms with van der Waals surface area (Å²) >= 11 is 0.